The molecule has 0 unspecified atom stereocenters. The molecule has 0 spiro atoms. The summed E-state index contributed by atoms with van der Waals surface area (Å²) in [5, 5.41) is 16.5. The number of aromatic nitrogens is 3. The third-order valence-electron chi connectivity index (χ3n) is 5.93. The zero-order chi connectivity index (χ0) is 21.8. The van der Waals surface area contributed by atoms with Gasteiger partial charge in [-0.3, -0.25) is 9.58 Å². The number of rotatable bonds is 7. The number of ether oxygens (including phenoxy) is 1. The van der Waals surface area contributed by atoms with Gasteiger partial charge in [0.1, 0.15) is 10.6 Å². The lowest BCUT2D eigenvalue weighted by atomic mass is 9.96. The zero-order valence-corrected chi connectivity index (χ0v) is 18.9. The minimum absolute atomic E-state index is 0.265. The number of hydrogen-bond acceptors (Lipinski definition) is 6. The van der Waals surface area contributed by atoms with Crippen LogP contribution in [0, 0.1) is 12.7 Å². The van der Waals surface area contributed by atoms with Gasteiger partial charge in [-0.15, -0.1) is 11.3 Å². The van der Waals surface area contributed by atoms with Crippen LogP contribution < -0.4 is 4.74 Å². The predicted molar refractivity (Wildman–Crippen MR) is 119 cm³/mol. The highest BCUT2D eigenvalue weighted by Crippen LogP contribution is 2.37. The first-order valence-electron chi connectivity index (χ1n) is 10.7. The van der Waals surface area contributed by atoms with E-state index in [-0.39, 0.29) is 11.6 Å². The van der Waals surface area contributed by atoms with Gasteiger partial charge < -0.3 is 9.84 Å². The van der Waals surface area contributed by atoms with Gasteiger partial charge in [0.25, 0.3) is 0 Å². The van der Waals surface area contributed by atoms with E-state index in [1.807, 2.05) is 30.9 Å². The normalized spacial score (nSPS) is 20.0. The van der Waals surface area contributed by atoms with Crippen LogP contribution in [0.25, 0.3) is 0 Å². The molecule has 3 heterocycles. The molecule has 1 saturated heterocycles. The molecule has 3 aromatic rings. The summed E-state index contributed by atoms with van der Waals surface area (Å²) in [4.78, 5) is 8.17. The fourth-order valence-corrected chi connectivity index (χ4v) is 5.20. The van der Waals surface area contributed by atoms with E-state index >= 15 is 0 Å². The predicted octanol–water partition coefficient (Wildman–Crippen LogP) is 3.82. The summed E-state index contributed by atoms with van der Waals surface area (Å²) < 4.78 is 21.2. The molecule has 8 heteroatoms. The van der Waals surface area contributed by atoms with Crippen LogP contribution in [0.2, 0.25) is 0 Å². The molecule has 1 aliphatic heterocycles. The van der Waals surface area contributed by atoms with Crippen LogP contribution in [0.5, 0.6) is 5.75 Å². The minimum Gasteiger partial charge on any atom is -0.490 e. The third-order valence-corrected chi connectivity index (χ3v) is 7.34. The second-order valence-corrected chi connectivity index (χ2v) is 9.25. The second-order valence-electron chi connectivity index (χ2n) is 8.16. The van der Waals surface area contributed by atoms with Crippen LogP contribution in [0.15, 0.2) is 36.5 Å². The Kier molecular flexibility index (Phi) is 6.69. The summed E-state index contributed by atoms with van der Waals surface area (Å²) in [6.07, 6.45) is 4.73. The standard InChI is InChI=1S/C23H29FN4O2S/c1-17-21(9-15-30-20-7-4-3-6-19(20)24)31-22(26-17)23(29)10-5-13-28(14-11-23)16-18-8-12-25-27(18)2/h3-4,6-8,12,29H,5,9-11,13-16H2,1-2H3/t23-/m1/s1. The molecule has 1 atom stereocenters. The van der Waals surface area contributed by atoms with Crippen LogP contribution in [0.1, 0.15) is 40.5 Å². The topological polar surface area (TPSA) is 63.4 Å². The van der Waals surface area contributed by atoms with Crippen molar-refractivity contribution in [2.45, 2.75) is 44.8 Å². The maximum atomic E-state index is 13.7. The number of aliphatic hydroxyl groups is 1. The molecule has 1 aliphatic rings. The number of thiazole rings is 1. The number of likely N-dealkylation sites (tertiary alicyclic amines) is 1. The van der Waals surface area contributed by atoms with E-state index < -0.39 is 5.60 Å². The van der Waals surface area contributed by atoms with Gasteiger partial charge in [0.2, 0.25) is 0 Å². The molecule has 0 saturated carbocycles. The summed E-state index contributed by atoms with van der Waals surface area (Å²) in [6.45, 7) is 4.93. The molecule has 1 N–H and O–H groups in total. The van der Waals surface area contributed by atoms with E-state index in [9.17, 15) is 9.50 Å². The first-order valence-corrected chi connectivity index (χ1v) is 11.5. The van der Waals surface area contributed by atoms with Gasteiger partial charge in [-0.25, -0.2) is 9.37 Å². The van der Waals surface area contributed by atoms with Crippen molar-refractivity contribution in [3.63, 3.8) is 0 Å². The number of para-hydroxylation sites is 1. The average molecular weight is 445 g/mol. The maximum Gasteiger partial charge on any atom is 0.165 e. The number of halogens is 1. The Hall–Kier alpha value is -2.29. The molecule has 0 aliphatic carbocycles. The van der Waals surface area contributed by atoms with Gasteiger partial charge in [0.05, 0.1) is 18.0 Å². The van der Waals surface area contributed by atoms with E-state index in [2.05, 4.69) is 10.00 Å². The highest BCUT2D eigenvalue weighted by Gasteiger charge is 2.35. The number of nitrogens with zero attached hydrogens (tertiary/aromatic N) is 4. The lowest BCUT2D eigenvalue weighted by Gasteiger charge is -2.24. The van der Waals surface area contributed by atoms with E-state index in [4.69, 9.17) is 9.72 Å². The van der Waals surface area contributed by atoms with Crippen LogP contribution >= 0.6 is 11.3 Å². The van der Waals surface area contributed by atoms with Gasteiger partial charge in [-0.2, -0.15) is 5.10 Å². The average Bonchev–Trinajstić information content (AvgIpc) is 3.27. The summed E-state index contributed by atoms with van der Waals surface area (Å²) >= 11 is 1.56. The maximum absolute atomic E-state index is 13.7. The SMILES string of the molecule is Cc1nc([C@@]2(O)CCCN(Cc3ccnn3C)CC2)sc1CCOc1ccccc1F. The van der Waals surface area contributed by atoms with Gasteiger partial charge in [0, 0.05) is 37.6 Å². The largest absolute Gasteiger partial charge is 0.490 e. The smallest absolute Gasteiger partial charge is 0.165 e. The Morgan fingerprint density at radius 2 is 2.06 bits per heavy atom. The molecule has 1 fully saturated rings. The summed E-state index contributed by atoms with van der Waals surface area (Å²) in [5.74, 6) is -0.0894. The van der Waals surface area contributed by atoms with Crippen LogP contribution in [0.3, 0.4) is 0 Å². The highest BCUT2D eigenvalue weighted by atomic mass is 32.1. The first-order chi connectivity index (χ1) is 14.9. The Morgan fingerprint density at radius 3 is 2.84 bits per heavy atom. The summed E-state index contributed by atoms with van der Waals surface area (Å²) in [7, 11) is 1.96. The monoisotopic (exact) mass is 444 g/mol. The lowest BCUT2D eigenvalue weighted by molar-refractivity contribution is 0.0206. The van der Waals surface area contributed by atoms with Crippen molar-refractivity contribution in [1.82, 2.24) is 19.7 Å². The molecule has 2 aromatic heterocycles. The first kappa shape index (κ1) is 21.9. The quantitative estimate of drug-likeness (QED) is 0.600. The highest BCUT2D eigenvalue weighted by molar-refractivity contribution is 7.11. The fraction of sp³-hybridized carbons (Fsp3) is 0.478. The van der Waals surface area contributed by atoms with Crippen molar-refractivity contribution in [3.8, 4) is 5.75 Å². The van der Waals surface area contributed by atoms with Crippen molar-refractivity contribution in [2.75, 3.05) is 19.7 Å². The minimum atomic E-state index is -0.902. The van der Waals surface area contributed by atoms with Crippen molar-refractivity contribution < 1.29 is 14.2 Å². The molecular weight excluding hydrogens is 415 g/mol. The fourth-order valence-electron chi connectivity index (χ4n) is 4.01. The third kappa shape index (κ3) is 5.14. The van der Waals surface area contributed by atoms with Crippen molar-refractivity contribution >= 4 is 11.3 Å². The van der Waals surface area contributed by atoms with Crippen LogP contribution in [-0.2, 0) is 25.6 Å². The lowest BCUT2D eigenvalue weighted by Crippen LogP contribution is -2.29. The summed E-state index contributed by atoms with van der Waals surface area (Å²) in [6, 6.07) is 8.47. The molecule has 0 radical (unpaired) electrons. The number of hydrogen-bond donors (Lipinski definition) is 1. The summed E-state index contributed by atoms with van der Waals surface area (Å²) in [5.41, 5.74) is 1.19. The van der Waals surface area contributed by atoms with Gasteiger partial charge in [-0.05, 0) is 50.9 Å². The van der Waals surface area contributed by atoms with Crippen molar-refractivity contribution in [1.29, 1.82) is 0 Å². The molecule has 4 rings (SSSR count). The van der Waals surface area contributed by atoms with Crippen LogP contribution in [0.4, 0.5) is 4.39 Å². The molecule has 31 heavy (non-hydrogen) atoms. The van der Waals surface area contributed by atoms with E-state index in [1.165, 1.54) is 11.8 Å². The van der Waals surface area contributed by atoms with E-state index in [0.717, 1.165) is 41.6 Å². The number of aryl methyl sites for hydroxylation is 2. The number of benzene rings is 1. The van der Waals surface area contributed by atoms with E-state index in [1.54, 1.807) is 29.5 Å². The van der Waals surface area contributed by atoms with Crippen molar-refractivity contribution in [2.24, 2.45) is 7.05 Å². The van der Waals surface area contributed by atoms with Crippen molar-refractivity contribution in [3.05, 3.63) is 63.6 Å². The Bertz CT molecular complexity index is 1020. The van der Waals surface area contributed by atoms with Gasteiger partial charge >= 0.3 is 0 Å². The van der Waals surface area contributed by atoms with E-state index in [0.29, 0.717) is 25.9 Å². The molecule has 6 nitrogen and oxygen atoms in total. The second kappa shape index (κ2) is 9.46. The molecule has 0 bridgehead atoms. The zero-order valence-electron chi connectivity index (χ0n) is 18.1. The van der Waals surface area contributed by atoms with Crippen LogP contribution in [-0.4, -0.2) is 44.5 Å². The van der Waals surface area contributed by atoms with Gasteiger partial charge in [0.15, 0.2) is 11.6 Å². The Morgan fingerprint density at radius 1 is 1.23 bits per heavy atom. The Labute approximate surface area is 186 Å². The molecular formula is C23H29FN4O2S. The Balaban J connectivity index is 1.37. The molecule has 166 valence electrons. The molecule has 0 amide bonds. The van der Waals surface area contributed by atoms with Gasteiger partial charge in [-0.1, -0.05) is 12.1 Å². The molecule has 1 aromatic carbocycles.